The third-order valence-electron chi connectivity index (χ3n) is 3.93. The number of methoxy groups -OCH3 is 1. The van der Waals surface area contributed by atoms with E-state index in [4.69, 9.17) is 4.74 Å². The van der Waals surface area contributed by atoms with Crippen molar-refractivity contribution in [3.05, 3.63) is 66.2 Å². The second-order valence-electron chi connectivity index (χ2n) is 6.09. The van der Waals surface area contributed by atoms with Crippen LogP contribution in [0.25, 0.3) is 11.3 Å². The molecule has 0 spiro atoms. The van der Waals surface area contributed by atoms with Crippen LogP contribution in [-0.4, -0.2) is 30.2 Å². The fraction of sp³-hybridized carbons (Fsp3) is 0.238. The van der Waals surface area contributed by atoms with Crippen LogP contribution >= 0.6 is 0 Å². The third kappa shape index (κ3) is 5.04. The Morgan fingerprint density at radius 3 is 2.46 bits per heavy atom. The van der Waals surface area contributed by atoms with Crippen LogP contribution < -0.4 is 10.6 Å². The molecule has 0 fully saturated rings. The first-order chi connectivity index (χ1) is 12.7. The molecule has 0 unspecified atom stereocenters. The topological polar surface area (TPSA) is 59.1 Å². The van der Waals surface area contributed by atoms with Crippen LogP contribution in [0.2, 0.25) is 0 Å². The molecule has 3 aromatic rings. The van der Waals surface area contributed by atoms with E-state index in [-0.39, 0.29) is 0 Å². The molecule has 1 aromatic heterocycles. The molecule has 1 heterocycles. The number of aromatic nitrogens is 2. The van der Waals surface area contributed by atoms with Crippen LogP contribution in [0.1, 0.15) is 12.0 Å². The van der Waals surface area contributed by atoms with E-state index >= 15 is 0 Å². The summed E-state index contributed by atoms with van der Waals surface area (Å²) >= 11 is 0. The van der Waals surface area contributed by atoms with E-state index in [1.165, 1.54) is 5.56 Å². The number of hydrogen-bond acceptors (Lipinski definition) is 5. The van der Waals surface area contributed by atoms with Crippen LogP contribution in [0, 0.1) is 6.92 Å². The molecule has 0 aliphatic rings. The van der Waals surface area contributed by atoms with Crippen LogP contribution in [-0.2, 0) is 4.74 Å². The minimum atomic E-state index is 0.574. The van der Waals surface area contributed by atoms with Gasteiger partial charge < -0.3 is 15.4 Å². The molecule has 2 N–H and O–H groups in total. The van der Waals surface area contributed by atoms with Crippen molar-refractivity contribution in [2.75, 3.05) is 30.9 Å². The van der Waals surface area contributed by atoms with Crippen molar-refractivity contribution >= 4 is 17.5 Å². The van der Waals surface area contributed by atoms with Gasteiger partial charge in [0.15, 0.2) is 0 Å². The van der Waals surface area contributed by atoms with Crippen LogP contribution in [0.5, 0.6) is 0 Å². The molecule has 0 amide bonds. The zero-order valence-corrected chi connectivity index (χ0v) is 15.2. The minimum absolute atomic E-state index is 0.574. The molecule has 0 saturated heterocycles. The van der Waals surface area contributed by atoms with Gasteiger partial charge in [0, 0.05) is 37.6 Å². The van der Waals surface area contributed by atoms with Gasteiger partial charge in [-0.1, -0.05) is 48.0 Å². The van der Waals surface area contributed by atoms with Gasteiger partial charge in [-0.2, -0.15) is 4.98 Å². The van der Waals surface area contributed by atoms with Crippen LogP contribution in [0.3, 0.4) is 0 Å². The molecule has 0 atom stereocenters. The summed E-state index contributed by atoms with van der Waals surface area (Å²) in [4.78, 5) is 9.28. The summed E-state index contributed by atoms with van der Waals surface area (Å²) in [5.41, 5.74) is 4.12. The zero-order valence-electron chi connectivity index (χ0n) is 15.2. The minimum Gasteiger partial charge on any atom is -0.385 e. The highest BCUT2D eigenvalue weighted by atomic mass is 16.5. The molecule has 2 aromatic carbocycles. The normalized spacial score (nSPS) is 10.5. The highest BCUT2D eigenvalue weighted by Gasteiger charge is 2.07. The number of hydrogen-bond donors (Lipinski definition) is 2. The largest absolute Gasteiger partial charge is 0.385 e. The Balaban J connectivity index is 1.85. The van der Waals surface area contributed by atoms with Gasteiger partial charge >= 0.3 is 0 Å². The van der Waals surface area contributed by atoms with Crippen molar-refractivity contribution in [2.24, 2.45) is 0 Å². The zero-order chi connectivity index (χ0) is 18.2. The van der Waals surface area contributed by atoms with Gasteiger partial charge in [-0.3, -0.25) is 0 Å². The lowest BCUT2D eigenvalue weighted by Gasteiger charge is -2.11. The molecule has 0 aliphatic carbocycles. The summed E-state index contributed by atoms with van der Waals surface area (Å²) in [6, 6.07) is 20.3. The van der Waals surface area contributed by atoms with Crippen molar-refractivity contribution in [3.8, 4) is 11.3 Å². The molecule has 5 nitrogen and oxygen atoms in total. The predicted octanol–water partition coefficient (Wildman–Crippen LogP) is 4.64. The fourth-order valence-electron chi connectivity index (χ4n) is 2.55. The molecule has 3 rings (SSSR count). The highest BCUT2D eigenvalue weighted by molar-refractivity contribution is 5.66. The maximum Gasteiger partial charge on any atom is 0.229 e. The van der Waals surface area contributed by atoms with Gasteiger partial charge in [0.1, 0.15) is 5.82 Å². The van der Waals surface area contributed by atoms with Gasteiger partial charge in [-0.05, 0) is 25.5 Å². The number of benzene rings is 2. The average molecular weight is 348 g/mol. The predicted molar refractivity (Wildman–Crippen MR) is 107 cm³/mol. The van der Waals surface area contributed by atoms with Crippen LogP contribution in [0.4, 0.5) is 17.5 Å². The second-order valence-corrected chi connectivity index (χ2v) is 6.09. The van der Waals surface area contributed by atoms with E-state index in [1.807, 2.05) is 48.5 Å². The van der Waals surface area contributed by atoms with E-state index in [1.54, 1.807) is 7.11 Å². The summed E-state index contributed by atoms with van der Waals surface area (Å²) in [5, 5.41) is 6.65. The first kappa shape index (κ1) is 17.9. The number of rotatable bonds is 8. The molecule has 5 heteroatoms. The lowest BCUT2D eigenvalue weighted by molar-refractivity contribution is 0.198. The van der Waals surface area contributed by atoms with Crippen molar-refractivity contribution in [1.82, 2.24) is 9.97 Å². The second kappa shape index (κ2) is 8.97. The van der Waals surface area contributed by atoms with Gasteiger partial charge in [-0.25, -0.2) is 4.98 Å². The van der Waals surface area contributed by atoms with Crippen molar-refractivity contribution in [2.45, 2.75) is 13.3 Å². The monoisotopic (exact) mass is 348 g/mol. The number of ether oxygens (including phenoxy) is 1. The van der Waals surface area contributed by atoms with Gasteiger partial charge in [-0.15, -0.1) is 0 Å². The van der Waals surface area contributed by atoms with E-state index in [0.717, 1.165) is 42.3 Å². The van der Waals surface area contributed by atoms with Gasteiger partial charge in [0.05, 0.1) is 5.69 Å². The number of nitrogens with zero attached hydrogens (tertiary/aromatic N) is 2. The average Bonchev–Trinajstić information content (AvgIpc) is 2.68. The molecule has 26 heavy (non-hydrogen) atoms. The Morgan fingerprint density at radius 2 is 1.73 bits per heavy atom. The summed E-state index contributed by atoms with van der Waals surface area (Å²) in [5.74, 6) is 1.37. The maximum atomic E-state index is 5.10. The van der Waals surface area contributed by atoms with E-state index < -0.39 is 0 Å². The lowest BCUT2D eigenvalue weighted by atomic mass is 10.1. The molecule has 0 bridgehead atoms. The highest BCUT2D eigenvalue weighted by Crippen LogP contribution is 2.23. The van der Waals surface area contributed by atoms with E-state index in [0.29, 0.717) is 5.95 Å². The van der Waals surface area contributed by atoms with Crippen molar-refractivity contribution < 1.29 is 4.74 Å². The Hall–Kier alpha value is -2.92. The lowest BCUT2D eigenvalue weighted by Crippen LogP contribution is -2.08. The molecular formula is C21H24N4O. The molecule has 0 aliphatic heterocycles. The summed E-state index contributed by atoms with van der Waals surface area (Å²) in [6.45, 7) is 3.58. The van der Waals surface area contributed by atoms with Gasteiger partial charge in [0.2, 0.25) is 5.95 Å². The first-order valence-electron chi connectivity index (χ1n) is 8.75. The Morgan fingerprint density at radius 1 is 0.962 bits per heavy atom. The molecular weight excluding hydrogens is 324 g/mol. The van der Waals surface area contributed by atoms with Crippen molar-refractivity contribution in [3.63, 3.8) is 0 Å². The number of aryl methyl sites for hydroxylation is 1. The Labute approximate surface area is 154 Å². The Bertz CT molecular complexity index is 819. The fourth-order valence-corrected chi connectivity index (χ4v) is 2.55. The van der Waals surface area contributed by atoms with Crippen LogP contribution in [0.15, 0.2) is 60.7 Å². The standard InChI is InChI=1S/C21H24N4O/c1-16-9-11-18(12-10-16)23-21-24-19(17-7-4-3-5-8-17)15-20(25-21)22-13-6-14-26-2/h3-5,7-12,15H,6,13-14H2,1-2H3,(H2,22,23,24,25). The number of nitrogens with one attached hydrogen (secondary N) is 2. The number of anilines is 3. The Kier molecular flexibility index (Phi) is 6.17. The quantitative estimate of drug-likeness (QED) is 0.581. The summed E-state index contributed by atoms with van der Waals surface area (Å²) < 4.78 is 5.10. The smallest absolute Gasteiger partial charge is 0.229 e. The van der Waals surface area contributed by atoms with E-state index in [2.05, 4.69) is 39.7 Å². The van der Waals surface area contributed by atoms with Crippen molar-refractivity contribution in [1.29, 1.82) is 0 Å². The molecule has 0 radical (unpaired) electrons. The molecule has 0 saturated carbocycles. The van der Waals surface area contributed by atoms with Gasteiger partial charge in [0.25, 0.3) is 0 Å². The maximum absolute atomic E-state index is 5.10. The first-order valence-corrected chi connectivity index (χ1v) is 8.75. The SMILES string of the molecule is COCCCNc1cc(-c2ccccc2)nc(Nc2ccc(C)cc2)n1. The summed E-state index contributed by atoms with van der Waals surface area (Å²) in [7, 11) is 1.71. The van der Waals surface area contributed by atoms with E-state index in [9.17, 15) is 0 Å². The summed E-state index contributed by atoms with van der Waals surface area (Å²) in [6.07, 6.45) is 0.919. The molecule has 134 valence electrons. The third-order valence-corrected chi connectivity index (χ3v) is 3.93.